The van der Waals surface area contributed by atoms with Gasteiger partial charge in [0, 0.05) is 25.2 Å². The van der Waals surface area contributed by atoms with Gasteiger partial charge in [0.05, 0.1) is 12.5 Å². The van der Waals surface area contributed by atoms with Crippen LogP contribution in [0.15, 0.2) is 0 Å². The number of esters is 1. The highest BCUT2D eigenvalue weighted by molar-refractivity contribution is 5.73. The highest BCUT2D eigenvalue weighted by Crippen LogP contribution is 2.24. The first-order chi connectivity index (χ1) is 11.1. The summed E-state index contributed by atoms with van der Waals surface area (Å²) in [6, 6.07) is -0.252. The Balaban J connectivity index is 2.90. The maximum atomic E-state index is 12.6. The maximum Gasteiger partial charge on any atom is 0.410 e. The summed E-state index contributed by atoms with van der Waals surface area (Å²) in [4.78, 5) is 28.9. The molecule has 0 radical (unpaired) electrons. The van der Waals surface area contributed by atoms with E-state index in [1.54, 1.807) is 4.90 Å². The fraction of sp³-hybridized carbons (Fsp3) is 0.895. The molecular formula is C19H36N2O4. The Morgan fingerprint density at radius 1 is 0.880 bits per heavy atom. The third-order valence-corrected chi connectivity index (χ3v) is 3.88. The van der Waals surface area contributed by atoms with E-state index in [0.717, 1.165) is 6.54 Å². The second-order valence-corrected chi connectivity index (χ2v) is 9.73. The van der Waals surface area contributed by atoms with Crippen LogP contribution in [0.5, 0.6) is 0 Å². The Hall–Kier alpha value is -1.30. The highest BCUT2D eigenvalue weighted by atomic mass is 16.6. The molecule has 0 aromatic heterocycles. The van der Waals surface area contributed by atoms with Crippen LogP contribution in [0.2, 0.25) is 0 Å². The minimum absolute atomic E-state index is 0.0216. The number of piperazine rings is 1. The van der Waals surface area contributed by atoms with Gasteiger partial charge in [0.1, 0.15) is 11.2 Å². The summed E-state index contributed by atoms with van der Waals surface area (Å²) in [7, 11) is 0. The van der Waals surface area contributed by atoms with E-state index in [1.165, 1.54) is 0 Å². The quantitative estimate of drug-likeness (QED) is 0.709. The van der Waals surface area contributed by atoms with Gasteiger partial charge in [-0.25, -0.2) is 4.79 Å². The first-order valence-electron chi connectivity index (χ1n) is 9.05. The molecule has 1 amide bonds. The van der Waals surface area contributed by atoms with Crippen molar-refractivity contribution < 1.29 is 19.1 Å². The maximum absolute atomic E-state index is 12.6. The van der Waals surface area contributed by atoms with E-state index < -0.39 is 11.2 Å². The fourth-order valence-corrected chi connectivity index (χ4v) is 2.78. The molecule has 1 atom stereocenters. The predicted octanol–water partition coefficient (Wildman–Crippen LogP) is 3.44. The van der Waals surface area contributed by atoms with Crippen LogP contribution in [0.25, 0.3) is 0 Å². The van der Waals surface area contributed by atoms with Gasteiger partial charge in [-0.2, -0.15) is 0 Å². The van der Waals surface area contributed by atoms with Crippen LogP contribution >= 0.6 is 0 Å². The van der Waals surface area contributed by atoms with Crippen LogP contribution in [-0.4, -0.2) is 64.3 Å². The molecule has 6 heteroatoms. The standard InChI is InChI=1S/C19H36N2O4/c1-17(2,3)20-10-11-21(16(23)25-19(7,8)9)14(13-20)12-15(22)24-18(4,5)6/h14H,10-13H2,1-9H3/t14-/m1/s1. The van der Waals surface area contributed by atoms with Crippen LogP contribution in [0.4, 0.5) is 4.79 Å². The van der Waals surface area contributed by atoms with Gasteiger partial charge in [0.25, 0.3) is 0 Å². The van der Waals surface area contributed by atoms with Crippen LogP contribution in [0.1, 0.15) is 68.7 Å². The van der Waals surface area contributed by atoms with Crippen molar-refractivity contribution in [3.63, 3.8) is 0 Å². The number of hydrogen-bond acceptors (Lipinski definition) is 5. The van der Waals surface area contributed by atoms with Gasteiger partial charge in [0.2, 0.25) is 0 Å². The van der Waals surface area contributed by atoms with Crippen LogP contribution in [-0.2, 0) is 14.3 Å². The number of ether oxygens (including phenoxy) is 2. The molecule has 1 aliphatic heterocycles. The van der Waals surface area contributed by atoms with E-state index in [-0.39, 0.29) is 30.1 Å². The summed E-state index contributed by atoms with van der Waals surface area (Å²) in [5.41, 5.74) is -1.12. The number of rotatable bonds is 2. The lowest BCUT2D eigenvalue weighted by Crippen LogP contribution is -2.60. The van der Waals surface area contributed by atoms with Gasteiger partial charge in [-0.15, -0.1) is 0 Å². The van der Waals surface area contributed by atoms with Gasteiger partial charge in [-0.05, 0) is 62.3 Å². The molecule has 0 spiro atoms. The summed E-state index contributed by atoms with van der Waals surface area (Å²) >= 11 is 0. The third kappa shape index (κ3) is 7.63. The van der Waals surface area contributed by atoms with Crippen LogP contribution < -0.4 is 0 Å². The van der Waals surface area contributed by atoms with Gasteiger partial charge in [-0.1, -0.05) is 0 Å². The second-order valence-electron chi connectivity index (χ2n) is 9.73. The number of carbonyl (C=O) groups is 2. The van der Waals surface area contributed by atoms with E-state index in [1.807, 2.05) is 41.5 Å². The molecule has 0 unspecified atom stereocenters. The molecule has 0 aliphatic carbocycles. The van der Waals surface area contributed by atoms with E-state index in [9.17, 15) is 9.59 Å². The van der Waals surface area contributed by atoms with Crippen molar-refractivity contribution in [1.82, 2.24) is 9.80 Å². The summed E-state index contributed by atoms with van der Waals surface area (Å²) in [5, 5.41) is 0. The lowest BCUT2D eigenvalue weighted by molar-refractivity contribution is -0.157. The summed E-state index contributed by atoms with van der Waals surface area (Å²) in [6.07, 6.45) is -0.196. The van der Waals surface area contributed by atoms with Crippen LogP contribution in [0.3, 0.4) is 0 Å². The monoisotopic (exact) mass is 356 g/mol. The Kier molecular flexibility index (Phi) is 6.54. The normalized spacial score (nSPS) is 20.4. The molecule has 0 N–H and O–H groups in total. The zero-order chi connectivity index (χ0) is 19.6. The minimum atomic E-state index is -0.561. The predicted molar refractivity (Wildman–Crippen MR) is 98.5 cm³/mol. The largest absolute Gasteiger partial charge is 0.460 e. The number of amides is 1. The van der Waals surface area contributed by atoms with E-state index in [4.69, 9.17) is 9.47 Å². The highest BCUT2D eigenvalue weighted by Gasteiger charge is 2.38. The van der Waals surface area contributed by atoms with Gasteiger partial charge in [-0.3, -0.25) is 9.69 Å². The fourth-order valence-electron chi connectivity index (χ4n) is 2.78. The third-order valence-electron chi connectivity index (χ3n) is 3.88. The Bertz CT molecular complexity index is 483. The molecule has 1 heterocycles. The molecule has 0 bridgehead atoms. The SMILES string of the molecule is CC(C)(C)OC(=O)C[C@@H]1CN(C(C)(C)C)CCN1C(=O)OC(C)(C)C. The summed E-state index contributed by atoms with van der Waals surface area (Å²) < 4.78 is 11.0. The molecule has 146 valence electrons. The Morgan fingerprint density at radius 3 is 1.84 bits per heavy atom. The summed E-state index contributed by atoms with van der Waals surface area (Å²) in [6.45, 7) is 19.4. The average molecular weight is 357 g/mol. The molecule has 0 aromatic carbocycles. The number of hydrogen-bond donors (Lipinski definition) is 0. The van der Waals surface area contributed by atoms with Crippen molar-refractivity contribution in [3.05, 3.63) is 0 Å². The van der Waals surface area contributed by atoms with Crippen LogP contribution in [0, 0.1) is 0 Å². The molecule has 1 saturated heterocycles. The molecule has 0 saturated carbocycles. The molecule has 1 aliphatic rings. The lowest BCUT2D eigenvalue weighted by Gasteiger charge is -2.46. The van der Waals surface area contributed by atoms with Gasteiger partial charge in [0.15, 0.2) is 0 Å². The first kappa shape index (κ1) is 21.7. The Morgan fingerprint density at radius 2 is 1.40 bits per heavy atom. The van der Waals surface area contributed by atoms with Gasteiger partial charge >= 0.3 is 12.1 Å². The molecule has 1 fully saturated rings. The van der Waals surface area contributed by atoms with Crippen molar-refractivity contribution in [2.45, 2.75) is 91.5 Å². The molecule has 0 aromatic rings. The molecule has 25 heavy (non-hydrogen) atoms. The zero-order valence-electron chi connectivity index (χ0n) is 17.4. The topological polar surface area (TPSA) is 59.1 Å². The average Bonchev–Trinajstić information content (AvgIpc) is 2.32. The second kappa shape index (κ2) is 7.52. The van der Waals surface area contributed by atoms with Crippen molar-refractivity contribution in [2.24, 2.45) is 0 Å². The molecule has 1 rings (SSSR count). The summed E-state index contributed by atoms with van der Waals surface area (Å²) in [5.74, 6) is -0.290. The molecular weight excluding hydrogens is 320 g/mol. The van der Waals surface area contributed by atoms with Crippen molar-refractivity contribution in [3.8, 4) is 0 Å². The molecule has 6 nitrogen and oxygen atoms in total. The number of nitrogens with zero attached hydrogens (tertiary/aromatic N) is 2. The van der Waals surface area contributed by atoms with E-state index in [2.05, 4.69) is 25.7 Å². The minimum Gasteiger partial charge on any atom is -0.460 e. The van der Waals surface area contributed by atoms with Crippen molar-refractivity contribution in [2.75, 3.05) is 19.6 Å². The van der Waals surface area contributed by atoms with E-state index >= 15 is 0 Å². The lowest BCUT2D eigenvalue weighted by atomic mass is 10.0. The Labute approximate surface area is 152 Å². The zero-order valence-corrected chi connectivity index (χ0v) is 17.4. The van der Waals surface area contributed by atoms with Crippen molar-refractivity contribution >= 4 is 12.1 Å². The van der Waals surface area contributed by atoms with E-state index in [0.29, 0.717) is 13.1 Å². The first-order valence-corrected chi connectivity index (χ1v) is 9.05. The number of carbonyl (C=O) groups excluding carboxylic acids is 2. The van der Waals surface area contributed by atoms with Gasteiger partial charge < -0.3 is 14.4 Å². The van der Waals surface area contributed by atoms with Crippen molar-refractivity contribution in [1.29, 1.82) is 0 Å². The smallest absolute Gasteiger partial charge is 0.410 e.